The van der Waals surface area contributed by atoms with Crippen molar-refractivity contribution in [1.29, 1.82) is 0 Å². The number of aliphatic hydroxyl groups excluding tert-OH is 1. The first-order chi connectivity index (χ1) is 10.0. The zero-order chi connectivity index (χ0) is 15.7. The number of allylic oxidation sites excluding steroid dienone is 1. The van der Waals surface area contributed by atoms with Crippen LogP contribution in [0.3, 0.4) is 0 Å². The van der Waals surface area contributed by atoms with Gasteiger partial charge in [-0.3, -0.25) is 0 Å². The van der Waals surface area contributed by atoms with Gasteiger partial charge in [-0.05, 0) is 64.3 Å². The molecule has 1 heterocycles. The maximum atomic E-state index is 9.91. The highest BCUT2D eigenvalue weighted by Crippen LogP contribution is 2.22. The van der Waals surface area contributed by atoms with Crippen molar-refractivity contribution < 1.29 is 14.6 Å². The molecule has 1 aliphatic heterocycles. The van der Waals surface area contributed by atoms with Gasteiger partial charge < -0.3 is 19.9 Å². The Morgan fingerprint density at radius 2 is 1.81 bits per heavy atom. The Bertz CT molecular complexity index is 361. The summed E-state index contributed by atoms with van der Waals surface area (Å²) in [7, 11) is 0. The lowest BCUT2D eigenvalue weighted by molar-refractivity contribution is -0.213. The first kappa shape index (κ1) is 18.4. The second-order valence-corrected chi connectivity index (χ2v) is 5.84. The molecule has 2 N–H and O–H groups in total. The van der Waals surface area contributed by atoms with Crippen molar-refractivity contribution in [2.75, 3.05) is 26.3 Å². The lowest BCUT2D eigenvalue weighted by Gasteiger charge is -2.29. The monoisotopic (exact) mass is 297 g/mol. The maximum Gasteiger partial charge on any atom is 0.183 e. The van der Waals surface area contributed by atoms with Crippen LogP contribution in [0.5, 0.6) is 0 Å². The van der Waals surface area contributed by atoms with Gasteiger partial charge >= 0.3 is 0 Å². The summed E-state index contributed by atoms with van der Waals surface area (Å²) in [6.45, 7) is 10.8. The van der Waals surface area contributed by atoms with Gasteiger partial charge in [0.1, 0.15) is 5.60 Å². The molecule has 0 bridgehead atoms. The van der Waals surface area contributed by atoms with Gasteiger partial charge in [-0.2, -0.15) is 0 Å². The van der Waals surface area contributed by atoms with Crippen LogP contribution >= 0.6 is 0 Å². The number of nitrogens with one attached hydrogen (secondary N) is 1. The smallest absolute Gasteiger partial charge is 0.183 e. The molecule has 0 aromatic rings. The van der Waals surface area contributed by atoms with Gasteiger partial charge in [-0.15, -0.1) is 0 Å². The predicted molar refractivity (Wildman–Crippen MR) is 86.2 cm³/mol. The fourth-order valence-electron chi connectivity index (χ4n) is 2.39. The molecule has 1 fully saturated rings. The third-order valence-electron chi connectivity index (χ3n) is 3.71. The van der Waals surface area contributed by atoms with Crippen LogP contribution in [-0.2, 0) is 9.47 Å². The van der Waals surface area contributed by atoms with E-state index in [1.165, 1.54) is 11.1 Å². The van der Waals surface area contributed by atoms with Gasteiger partial charge in [0.25, 0.3) is 0 Å². The minimum absolute atomic E-state index is 0.476. The molecular formula is C17H31NO3. The quantitative estimate of drug-likeness (QED) is 0.710. The molecule has 21 heavy (non-hydrogen) atoms. The second kappa shape index (κ2) is 9.36. The van der Waals surface area contributed by atoms with Crippen molar-refractivity contribution >= 4 is 0 Å². The summed E-state index contributed by atoms with van der Waals surface area (Å²) in [6.07, 6.45) is 6.71. The normalized spacial score (nSPS) is 22.5. The maximum absolute atomic E-state index is 9.91. The van der Waals surface area contributed by atoms with Crippen LogP contribution in [0.1, 0.15) is 47.0 Å². The SMILES string of the molecule is CC/C=C1/CCNCC/C1=C/COC(C)(C)C(O)OCC. The molecule has 0 saturated carbocycles. The third kappa shape index (κ3) is 6.30. The fraction of sp³-hybridized carbons (Fsp3) is 0.765. The number of aliphatic hydroxyl groups is 1. The standard InChI is InChI=1S/C17H31NO3/c1-5-7-14-8-11-18-12-9-15(14)10-13-21-17(3,4)16(19)20-6-2/h7,10,16,18-19H,5-6,8-9,11-13H2,1-4H3/b14-7-,15-10-. The first-order valence-corrected chi connectivity index (χ1v) is 8.04. The predicted octanol–water partition coefficient (Wildman–Crippen LogP) is 2.78. The molecule has 1 saturated heterocycles. The number of ether oxygens (including phenoxy) is 2. The summed E-state index contributed by atoms with van der Waals surface area (Å²) in [5.74, 6) is 0. The topological polar surface area (TPSA) is 50.7 Å². The Kier molecular flexibility index (Phi) is 8.19. The van der Waals surface area contributed by atoms with E-state index < -0.39 is 11.9 Å². The molecule has 0 aliphatic carbocycles. The van der Waals surface area contributed by atoms with Crippen LogP contribution in [-0.4, -0.2) is 43.3 Å². The molecule has 1 aliphatic rings. The second-order valence-electron chi connectivity index (χ2n) is 5.84. The molecule has 1 atom stereocenters. The van der Waals surface area contributed by atoms with Crippen molar-refractivity contribution in [3.63, 3.8) is 0 Å². The first-order valence-electron chi connectivity index (χ1n) is 8.04. The summed E-state index contributed by atoms with van der Waals surface area (Å²) in [6, 6.07) is 0. The summed E-state index contributed by atoms with van der Waals surface area (Å²) < 4.78 is 11.0. The summed E-state index contributed by atoms with van der Waals surface area (Å²) in [4.78, 5) is 0. The van der Waals surface area contributed by atoms with Crippen molar-refractivity contribution in [1.82, 2.24) is 5.32 Å². The van der Waals surface area contributed by atoms with Crippen LogP contribution in [0.2, 0.25) is 0 Å². The zero-order valence-electron chi connectivity index (χ0n) is 13.9. The Balaban J connectivity index is 2.62. The largest absolute Gasteiger partial charge is 0.366 e. The van der Waals surface area contributed by atoms with Gasteiger partial charge in [0.15, 0.2) is 6.29 Å². The molecule has 0 aromatic carbocycles. The van der Waals surface area contributed by atoms with Gasteiger partial charge in [0.2, 0.25) is 0 Å². The molecule has 0 spiro atoms. The van der Waals surface area contributed by atoms with Gasteiger partial charge in [-0.1, -0.05) is 19.1 Å². The van der Waals surface area contributed by atoms with Crippen molar-refractivity contribution in [2.24, 2.45) is 0 Å². The van der Waals surface area contributed by atoms with Crippen molar-refractivity contribution in [3.8, 4) is 0 Å². The highest BCUT2D eigenvalue weighted by Gasteiger charge is 2.28. The molecule has 0 amide bonds. The zero-order valence-corrected chi connectivity index (χ0v) is 13.9. The minimum atomic E-state index is -0.901. The van der Waals surface area contributed by atoms with E-state index in [0.717, 1.165) is 32.4 Å². The molecule has 1 unspecified atom stereocenters. The lowest BCUT2D eigenvalue weighted by Crippen LogP contribution is -2.41. The van der Waals surface area contributed by atoms with E-state index in [4.69, 9.17) is 9.47 Å². The van der Waals surface area contributed by atoms with Gasteiger partial charge in [0, 0.05) is 6.61 Å². The molecule has 0 radical (unpaired) electrons. The van der Waals surface area contributed by atoms with Crippen LogP contribution < -0.4 is 5.32 Å². The van der Waals surface area contributed by atoms with Crippen LogP contribution in [0, 0.1) is 0 Å². The lowest BCUT2D eigenvalue weighted by atomic mass is 10.00. The number of rotatable bonds is 7. The van der Waals surface area contributed by atoms with Crippen LogP contribution in [0.25, 0.3) is 0 Å². The minimum Gasteiger partial charge on any atom is -0.366 e. The molecular weight excluding hydrogens is 266 g/mol. The number of hydrogen-bond acceptors (Lipinski definition) is 4. The Morgan fingerprint density at radius 1 is 1.19 bits per heavy atom. The van der Waals surface area contributed by atoms with E-state index >= 15 is 0 Å². The van der Waals surface area contributed by atoms with Crippen LogP contribution in [0.4, 0.5) is 0 Å². The van der Waals surface area contributed by atoms with Gasteiger partial charge in [0.05, 0.1) is 6.61 Å². The summed E-state index contributed by atoms with van der Waals surface area (Å²) >= 11 is 0. The molecule has 4 nitrogen and oxygen atoms in total. The molecule has 1 rings (SSSR count). The average molecular weight is 297 g/mol. The molecule has 0 aromatic heterocycles. The Hall–Kier alpha value is -0.680. The van der Waals surface area contributed by atoms with Crippen molar-refractivity contribution in [2.45, 2.75) is 58.8 Å². The van der Waals surface area contributed by atoms with E-state index in [2.05, 4.69) is 24.4 Å². The van der Waals surface area contributed by atoms with E-state index in [1.54, 1.807) is 0 Å². The third-order valence-corrected chi connectivity index (χ3v) is 3.71. The van der Waals surface area contributed by atoms with E-state index in [-0.39, 0.29) is 0 Å². The molecule has 122 valence electrons. The fourth-order valence-corrected chi connectivity index (χ4v) is 2.39. The Morgan fingerprint density at radius 3 is 2.38 bits per heavy atom. The van der Waals surface area contributed by atoms with Gasteiger partial charge in [-0.25, -0.2) is 0 Å². The van der Waals surface area contributed by atoms with E-state index in [1.807, 2.05) is 20.8 Å². The average Bonchev–Trinajstić information content (AvgIpc) is 2.65. The molecule has 4 heteroatoms. The summed E-state index contributed by atoms with van der Waals surface area (Å²) in [5, 5.41) is 13.3. The van der Waals surface area contributed by atoms with Crippen LogP contribution in [0.15, 0.2) is 23.3 Å². The summed E-state index contributed by atoms with van der Waals surface area (Å²) in [5.41, 5.74) is 2.09. The highest BCUT2D eigenvalue weighted by atomic mass is 16.6. The van der Waals surface area contributed by atoms with E-state index in [0.29, 0.717) is 13.2 Å². The number of hydrogen-bond donors (Lipinski definition) is 2. The van der Waals surface area contributed by atoms with E-state index in [9.17, 15) is 5.11 Å². The Labute approximate surface area is 129 Å². The van der Waals surface area contributed by atoms with Crippen molar-refractivity contribution in [3.05, 3.63) is 23.3 Å². The highest BCUT2D eigenvalue weighted by molar-refractivity contribution is 5.32.